The zero-order chi connectivity index (χ0) is 23.1. The Morgan fingerprint density at radius 1 is 1.16 bits per heavy atom. The van der Waals surface area contributed by atoms with E-state index in [1.54, 1.807) is 37.1 Å². The fraction of sp³-hybridized carbons (Fsp3) is 0.400. The van der Waals surface area contributed by atoms with Gasteiger partial charge in [0.25, 0.3) is 0 Å². The van der Waals surface area contributed by atoms with E-state index in [2.05, 4.69) is 5.32 Å². The third-order valence-corrected chi connectivity index (χ3v) is 5.65. The van der Waals surface area contributed by atoms with E-state index in [9.17, 15) is 14.4 Å². The summed E-state index contributed by atoms with van der Waals surface area (Å²) < 4.78 is 10.4. The number of carbonyl (C=O) groups excluding carboxylic acids is 3. The number of benzene rings is 2. The van der Waals surface area contributed by atoms with E-state index in [4.69, 9.17) is 9.47 Å². The van der Waals surface area contributed by atoms with E-state index < -0.39 is 17.9 Å². The molecule has 7 heteroatoms. The number of amides is 2. The second kappa shape index (κ2) is 10.8. The van der Waals surface area contributed by atoms with E-state index in [1.165, 1.54) is 0 Å². The number of rotatable bonds is 9. The summed E-state index contributed by atoms with van der Waals surface area (Å²) in [5.41, 5.74) is 2.66. The molecule has 0 saturated carbocycles. The van der Waals surface area contributed by atoms with Crippen molar-refractivity contribution in [1.29, 1.82) is 0 Å². The third kappa shape index (κ3) is 5.46. The number of esters is 1. The van der Waals surface area contributed by atoms with Gasteiger partial charge in [-0.15, -0.1) is 0 Å². The van der Waals surface area contributed by atoms with Crippen LogP contribution in [0.2, 0.25) is 0 Å². The smallest absolute Gasteiger partial charge is 0.308 e. The fourth-order valence-electron chi connectivity index (χ4n) is 3.98. The summed E-state index contributed by atoms with van der Waals surface area (Å²) in [5, 5.41) is 2.96. The van der Waals surface area contributed by atoms with Crippen LogP contribution in [0.1, 0.15) is 43.9 Å². The lowest BCUT2D eigenvalue weighted by atomic mass is 10.0. The molecule has 1 heterocycles. The van der Waals surface area contributed by atoms with Crippen LogP contribution in [-0.2, 0) is 25.5 Å². The van der Waals surface area contributed by atoms with Gasteiger partial charge in [-0.3, -0.25) is 14.4 Å². The molecule has 2 atom stereocenters. The molecule has 0 radical (unpaired) electrons. The Hall–Kier alpha value is -3.35. The zero-order valence-electron chi connectivity index (χ0n) is 18.8. The SMILES string of the molecule is CCOC(=O)CC(NC(=O)C1CC(=O)N(c2ccccc2CC)C1)c1cccc(OC)c1. The predicted octanol–water partition coefficient (Wildman–Crippen LogP) is 3.42. The van der Waals surface area contributed by atoms with Gasteiger partial charge in [-0.05, 0) is 42.7 Å². The van der Waals surface area contributed by atoms with Gasteiger partial charge in [0.2, 0.25) is 11.8 Å². The number of methoxy groups -OCH3 is 1. The molecule has 1 aliphatic rings. The highest BCUT2D eigenvalue weighted by Gasteiger charge is 2.36. The molecule has 0 aromatic heterocycles. The molecular formula is C25H30N2O5. The summed E-state index contributed by atoms with van der Waals surface area (Å²) in [4.78, 5) is 39.7. The maximum Gasteiger partial charge on any atom is 0.308 e. The molecule has 1 fully saturated rings. The molecule has 2 amide bonds. The van der Waals surface area contributed by atoms with Gasteiger partial charge in [-0.2, -0.15) is 0 Å². The first-order valence-electron chi connectivity index (χ1n) is 10.9. The van der Waals surface area contributed by atoms with Gasteiger partial charge in [0.1, 0.15) is 5.75 Å². The molecule has 0 bridgehead atoms. The topological polar surface area (TPSA) is 84.9 Å². The first kappa shape index (κ1) is 23.3. The Labute approximate surface area is 188 Å². The van der Waals surface area contributed by atoms with Crippen molar-refractivity contribution in [3.63, 3.8) is 0 Å². The van der Waals surface area contributed by atoms with Gasteiger partial charge < -0.3 is 19.7 Å². The van der Waals surface area contributed by atoms with Crippen LogP contribution in [0, 0.1) is 5.92 Å². The van der Waals surface area contributed by atoms with Crippen molar-refractivity contribution in [2.45, 2.75) is 39.2 Å². The van der Waals surface area contributed by atoms with Gasteiger partial charge in [-0.25, -0.2) is 0 Å². The Balaban J connectivity index is 1.76. The lowest BCUT2D eigenvalue weighted by molar-refractivity contribution is -0.144. The van der Waals surface area contributed by atoms with Gasteiger partial charge in [0, 0.05) is 18.7 Å². The van der Waals surface area contributed by atoms with Crippen molar-refractivity contribution in [2.24, 2.45) is 5.92 Å². The van der Waals surface area contributed by atoms with E-state index in [0.29, 0.717) is 12.3 Å². The van der Waals surface area contributed by atoms with Crippen LogP contribution in [-0.4, -0.2) is 38.0 Å². The van der Waals surface area contributed by atoms with Gasteiger partial charge in [0.05, 0.1) is 32.1 Å². The lowest BCUT2D eigenvalue weighted by Crippen LogP contribution is -2.36. The fourth-order valence-corrected chi connectivity index (χ4v) is 3.98. The summed E-state index contributed by atoms with van der Waals surface area (Å²) in [7, 11) is 1.56. The van der Waals surface area contributed by atoms with Crippen LogP contribution >= 0.6 is 0 Å². The van der Waals surface area contributed by atoms with Gasteiger partial charge in [-0.1, -0.05) is 37.3 Å². The van der Waals surface area contributed by atoms with Crippen molar-refractivity contribution in [3.05, 3.63) is 59.7 Å². The molecule has 0 aliphatic carbocycles. The van der Waals surface area contributed by atoms with Crippen molar-refractivity contribution in [2.75, 3.05) is 25.2 Å². The number of para-hydroxylation sites is 1. The first-order valence-corrected chi connectivity index (χ1v) is 10.9. The average Bonchev–Trinajstić information content (AvgIpc) is 3.20. The number of nitrogens with zero attached hydrogens (tertiary/aromatic N) is 1. The van der Waals surface area contributed by atoms with Crippen LogP contribution in [0.3, 0.4) is 0 Å². The summed E-state index contributed by atoms with van der Waals surface area (Å²) in [6, 6.07) is 14.4. The van der Waals surface area contributed by atoms with Crippen LogP contribution in [0.15, 0.2) is 48.5 Å². The molecule has 3 rings (SSSR count). The molecule has 2 aromatic carbocycles. The standard InChI is InChI=1S/C25H30N2O5/c1-4-17-9-6-7-12-22(17)27-16-19(14-23(27)28)25(30)26-21(15-24(29)32-5-2)18-10-8-11-20(13-18)31-3/h6-13,19,21H,4-5,14-16H2,1-3H3,(H,26,30). The van der Waals surface area contributed by atoms with Crippen LogP contribution < -0.4 is 15.0 Å². The summed E-state index contributed by atoms with van der Waals surface area (Å²) in [6.07, 6.45) is 0.929. The molecule has 1 N–H and O–H groups in total. The largest absolute Gasteiger partial charge is 0.497 e. The second-order valence-electron chi connectivity index (χ2n) is 7.73. The highest BCUT2D eigenvalue weighted by molar-refractivity contribution is 6.01. The first-order chi connectivity index (χ1) is 15.5. The Morgan fingerprint density at radius 2 is 1.94 bits per heavy atom. The Kier molecular flexibility index (Phi) is 7.87. The minimum absolute atomic E-state index is 0.00417. The monoisotopic (exact) mass is 438 g/mol. The van der Waals surface area contributed by atoms with Gasteiger partial charge >= 0.3 is 5.97 Å². The number of aryl methyl sites for hydroxylation is 1. The molecule has 2 unspecified atom stereocenters. The highest BCUT2D eigenvalue weighted by Crippen LogP contribution is 2.30. The molecule has 7 nitrogen and oxygen atoms in total. The normalized spacial score (nSPS) is 16.5. The average molecular weight is 439 g/mol. The maximum absolute atomic E-state index is 13.1. The van der Waals surface area contributed by atoms with Gasteiger partial charge in [0.15, 0.2) is 0 Å². The molecule has 1 aliphatic heterocycles. The van der Waals surface area contributed by atoms with Crippen molar-refractivity contribution in [1.82, 2.24) is 5.32 Å². The highest BCUT2D eigenvalue weighted by atomic mass is 16.5. The number of anilines is 1. The minimum Gasteiger partial charge on any atom is -0.497 e. The van der Waals surface area contributed by atoms with Crippen LogP contribution in [0.5, 0.6) is 5.75 Å². The third-order valence-electron chi connectivity index (χ3n) is 5.65. The van der Waals surface area contributed by atoms with E-state index in [0.717, 1.165) is 23.2 Å². The van der Waals surface area contributed by atoms with Crippen molar-refractivity contribution in [3.8, 4) is 5.75 Å². The molecule has 170 valence electrons. The molecule has 32 heavy (non-hydrogen) atoms. The second-order valence-corrected chi connectivity index (χ2v) is 7.73. The van der Waals surface area contributed by atoms with Crippen molar-refractivity contribution >= 4 is 23.5 Å². The number of ether oxygens (including phenoxy) is 2. The van der Waals surface area contributed by atoms with E-state index >= 15 is 0 Å². The zero-order valence-corrected chi connectivity index (χ0v) is 18.8. The molecule has 0 spiro atoms. The number of hydrogen-bond donors (Lipinski definition) is 1. The minimum atomic E-state index is -0.580. The lowest BCUT2D eigenvalue weighted by Gasteiger charge is -2.22. The molecular weight excluding hydrogens is 408 g/mol. The number of hydrogen-bond acceptors (Lipinski definition) is 5. The summed E-state index contributed by atoms with van der Waals surface area (Å²) in [6.45, 7) is 4.36. The molecule has 1 saturated heterocycles. The predicted molar refractivity (Wildman–Crippen MR) is 121 cm³/mol. The van der Waals surface area contributed by atoms with E-state index in [1.807, 2.05) is 37.3 Å². The van der Waals surface area contributed by atoms with E-state index in [-0.39, 0.29) is 31.3 Å². The number of carbonyl (C=O) groups is 3. The Bertz CT molecular complexity index is 974. The van der Waals surface area contributed by atoms with Crippen LogP contribution in [0.25, 0.3) is 0 Å². The quantitative estimate of drug-likeness (QED) is 0.607. The summed E-state index contributed by atoms with van der Waals surface area (Å²) in [5.74, 6) is -0.602. The summed E-state index contributed by atoms with van der Waals surface area (Å²) >= 11 is 0. The van der Waals surface area contributed by atoms with Crippen LogP contribution in [0.4, 0.5) is 5.69 Å². The number of nitrogens with one attached hydrogen (secondary N) is 1. The Morgan fingerprint density at radius 3 is 2.66 bits per heavy atom. The van der Waals surface area contributed by atoms with Crippen molar-refractivity contribution < 1.29 is 23.9 Å². The maximum atomic E-state index is 13.1. The molecule has 2 aromatic rings.